The van der Waals surface area contributed by atoms with Crippen molar-refractivity contribution in [1.82, 2.24) is 9.78 Å². The molecule has 0 aliphatic rings. The molecule has 4 nitrogen and oxygen atoms in total. The fraction of sp³-hybridized carbons (Fsp3) is 0.500. The van der Waals surface area contributed by atoms with Crippen LogP contribution in [0.1, 0.15) is 19.9 Å². The third-order valence-electron chi connectivity index (χ3n) is 1.41. The molecule has 1 atom stereocenters. The van der Waals surface area contributed by atoms with Crippen LogP contribution in [0.15, 0.2) is 17.3 Å². The molecular formula is C6H10ClN3OS. The molecule has 0 aliphatic carbocycles. The maximum atomic E-state index is 11.0. The average molecular weight is 208 g/mol. The van der Waals surface area contributed by atoms with Gasteiger partial charge in [-0.2, -0.15) is 5.10 Å². The molecule has 0 fully saturated rings. The Morgan fingerprint density at radius 1 is 1.75 bits per heavy atom. The highest BCUT2D eigenvalue weighted by atomic mass is 35.7. The number of hydrogen-bond donors (Lipinski definition) is 1. The summed E-state index contributed by atoms with van der Waals surface area (Å²) < 4.78 is 19.7. The predicted octanol–water partition coefficient (Wildman–Crippen LogP) is 2.02. The molecule has 1 unspecified atom stereocenters. The lowest BCUT2D eigenvalue weighted by molar-refractivity contribution is 0.531. The first-order valence-electron chi connectivity index (χ1n) is 3.44. The van der Waals surface area contributed by atoms with E-state index in [1.165, 1.54) is 12.4 Å². The van der Waals surface area contributed by atoms with Crippen LogP contribution in [0.25, 0.3) is 0 Å². The van der Waals surface area contributed by atoms with E-state index >= 15 is 0 Å². The molecule has 0 aromatic carbocycles. The summed E-state index contributed by atoms with van der Waals surface area (Å²) in [5, 5.41) is 3.92. The number of rotatable bonds is 2. The van der Waals surface area contributed by atoms with Gasteiger partial charge in [0, 0.05) is 22.9 Å². The molecule has 0 aliphatic heterocycles. The molecule has 0 amide bonds. The first kappa shape index (κ1) is 9.54. The first-order chi connectivity index (χ1) is 5.41. The number of nitrogens with one attached hydrogen (secondary N) is 1. The highest BCUT2D eigenvalue weighted by molar-refractivity contribution is 8.14. The van der Waals surface area contributed by atoms with Gasteiger partial charge in [-0.1, -0.05) is 0 Å². The molecule has 0 saturated carbocycles. The summed E-state index contributed by atoms with van der Waals surface area (Å²) >= 11 is 0. The van der Waals surface area contributed by atoms with E-state index in [2.05, 4.69) is 5.10 Å². The quantitative estimate of drug-likeness (QED) is 0.755. The summed E-state index contributed by atoms with van der Waals surface area (Å²) in [5.74, 6) is 0. The Kier molecular flexibility index (Phi) is 2.44. The number of halogens is 1. The molecule has 68 valence electrons. The largest absolute Gasteiger partial charge is 0.269 e. The van der Waals surface area contributed by atoms with Gasteiger partial charge in [0.25, 0.3) is 0 Å². The Bertz CT molecular complexity index is 368. The van der Waals surface area contributed by atoms with E-state index in [-0.39, 0.29) is 10.9 Å². The van der Waals surface area contributed by atoms with Gasteiger partial charge in [-0.15, -0.1) is 0 Å². The van der Waals surface area contributed by atoms with Gasteiger partial charge in [0.2, 0.25) is 0 Å². The number of aromatic nitrogens is 2. The molecule has 1 heterocycles. The zero-order valence-electron chi connectivity index (χ0n) is 6.82. The molecule has 12 heavy (non-hydrogen) atoms. The second-order valence-corrected chi connectivity index (χ2v) is 5.48. The second kappa shape index (κ2) is 3.06. The lowest BCUT2D eigenvalue weighted by Gasteiger charge is -2.02. The SMILES string of the molecule is CC(C)n1cc(S(=N)(=O)Cl)cn1. The Morgan fingerprint density at radius 3 is 2.58 bits per heavy atom. The van der Waals surface area contributed by atoms with Crippen molar-refractivity contribution in [1.29, 1.82) is 4.78 Å². The monoisotopic (exact) mass is 207 g/mol. The minimum absolute atomic E-state index is 0.192. The van der Waals surface area contributed by atoms with Crippen molar-refractivity contribution in [2.75, 3.05) is 0 Å². The molecule has 0 radical (unpaired) electrons. The molecule has 1 rings (SSSR count). The van der Waals surface area contributed by atoms with Crippen LogP contribution in [0.3, 0.4) is 0 Å². The van der Waals surface area contributed by atoms with E-state index < -0.39 is 8.94 Å². The fourth-order valence-electron chi connectivity index (χ4n) is 0.739. The van der Waals surface area contributed by atoms with E-state index in [1.54, 1.807) is 4.68 Å². The van der Waals surface area contributed by atoms with E-state index in [4.69, 9.17) is 15.5 Å². The maximum absolute atomic E-state index is 11.0. The van der Waals surface area contributed by atoms with Crippen molar-refractivity contribution in [3.63, 3.8) is 0 Å². The van der Waals surface area contributed by atoms with Gasteiger partial charge in [0.05, 0.1) is 6.20 Å². The molecule has 0 spiro atoms. The van der Waals surface area contributed by atoms with Crippen molar-refractivity contribution >= 4 is 19.6 Å². The summed E-state index contributed by atoms with van der Waals surface area (Å²) in [5.41, 5.74) is 0. The topological polar surface area (TPSA) is 58.7 Å². The van der Waals surface area contributed by atoms with E-state index in [0.717, 1.165) is 0 Å². The van der Waals surface area contributed by atoms with Crippen molar-refractivity contribution in [3.8, 4) is 0 Å². The molecule has 1 N–H and O–H groups in total. The highest BCUT2D eigenvalue weighted by Gasteiger charge is 2.09. The Balaban J connectivity index is 3.09. The summed E-state index contributed by atoms with van der Waals surface area (Å²) in [6.45, 7) is 3.88. The van der Waals surface area contributed by atoms with E-state index in [1.807, 2.05) is 13.8 Å². The molecule has 0 saturated heterocycles. The van der Waals surface area contributed by atoms with Gasteiger partial charge >= 0.3 is 0 Å². The van der Waals surface area contributed by atoms with Gasteiger partial charge in [-0.3, -0.25) is 4.68 Å². The van der Waals surface area contributed by atoms with Crippen molar-refractivity contribution < 1.29 is 4.21 Å². The van der Waals surface area contributed by atoms with Crippen LogP contribution in [0.4, 0.5) is 0 Å². The summed E-state index contributed by atoms with van der Waals surface area (Å²) in [6.07, 6.45) is 2.90. The third kappa shape index (κ3) is 1.98. The number of hydrogen-bond acceptors (Lipinski definition) is 3. The predicted molar refractivity (Wildman–Crippen MR) is 47.6 cm³/mol. The first-order valence-corrected chi connectivity index (χ1v) is 5.82. The normalized spacial score (nSPS) is 16.3. The lowest BCUT2D eigenvalue weighted by atomic mass is 10.4. The van der Waals surface area contributed by atoms with Crippen molar-refractivity contribution in [3.05, 3.63) is 12.4 Å². The average Bonchev–Trinajstić information content (AvgIpc) is 2.30. The van der Waals surface area contributed by atoms with Crippen LogP contribution in [0.5, 0.6) is 0 Å². The second-order valence-electron chi connectivity index (χ2n) is 2.74. The van der Waals surface area contributed by atoms with Crippen LogP contribution in [-0.2, 0) is 8.94 Å². The minimum atomic E-state index is -3.13. The van der Waals surface area contributed by atoms with Crippen LogP contribution in [0.2, 0.25) is 0 Å². The van der Waals surface area contributed by atoms with Gasteiger partial charge in [0.15, 0.2) is 8.94 Å². The Labute approximate surface area is 76.0 Å². The summed E-state index contributed by atoms with van der Waals surface area (Å²) in [7, 11) is 2.19. The van der Waals surface area contributed by atoms with Crippen LogP contribution in [0, 0.1) is 4.78 Å². The Morgan fingerprint density at radius 2 is 2.33 bits per heavy atom. The number of nitrogens with zero attached hydrogens (tertiary/aromatic N) is 2. The zero-order valence-corrected chi connectivity index (χ0v) is 8.39. The van der Waals surface area contributed by atoms with Gasteiger partial charge < -0.3 is 0 Å². The molecule has 1 aromatic rings. The van der Waals surface area contributed by atoms with Gasteiger partial charge in [-0.25, -0.2) is 8.99 Å². The van der Waals surface area contributed by atoms with Crippen LogP contribution >= 0.6 is 10.7 Å². The van der Waals surface area contributed by atoms with Crippen molar-refractivity contribution in [2.45, 2.75) is 24.8 Å². The van der Waals surface area contributed by atoms with Gasteiger partial charge in [-0.05, 0) is 13.8 Å². The third-order valence-corrected chi connectivity index (χ3v) is 2.76. The molecule has 6 heteroatoms. The van der Waals surface area contributed by atoms with Crippen LogP contribution in [-0.4, -0.2) is 14.0 Å². The van der Waals surface area contributed by atoms with Crippen LogP contribution < -0.4 is 0 Å². The summed E-state index contributed by atoms with van der Waals surface area (Å²) in [6, 6.07) is 0.192. The van der Waals surface area contributed by atoms with Gasteiger partial charge in [0.1, 0.15) is 4.90 Å². The highest BCUT2D eigenvalue weighted by Crippen LogP contribution is 2.15. The van der Waals surface area contributed by atoms with Crippen molar-refractivity contribution in [2.24, 2.45) is 0 Å². The fourth-order valence-corrected chi connectivity index (χ4v) is 1.40. The van der Waals surface area contributed by atoms with E-state index in [9.17, 15) is 4.21 Å². The molecule has 0 bridgehead atoms. The van der Waals surface area contributed by atoms with E-state index in [0.29, 0.717) is 0 Å². The molecular weight excluding hydrogens is 198 g/mol. The molecule has 1 aromatic heterocycles. The smallest absolute Gasteiger partial charge is 0.159 e. The summed E-state index contributed by atoms with van der Waals surface area (Å²) in [4.78, 5) is 0.262. The lowest BCUT2D eigenvalue weighted by Crippen LogP contribution is -2.00. The zero-order chi connectivity index (χ0) is 9.35. The maximum Gasteiger partial charge on any atom is 0.159 e. The Hall–Kier alpha value is -0.550. The minimum Gasteiger partial charge on any atom is -0.269 e. The standard InChI is InChI=1S/C6H10ClN3OS/c1-5(2)10-4-6(3-9-10)12(7,8)11/h3-5,8H,1-2H3.